The predicted octanol–water partition coefficient (Wildman–Crippen LogP) is 0.404. The molecule has 1 atom stereocenters. The van der Waals surface area contributed by atoms with Crippen LogP contribution in [0.1, 0.15) is 26.2 Å². The van der Waals surface area contributed by atoms with E-state index >= 15 is 0 Å². The fourth-order valence-electron chi connectivity index (χ4n) is 1.90. The quantitative estimate of drug-likeness (QED) is 0.757. The smallest absolute Gasteiger partial charge is 0.303 e. The number of aliphatic carboxylic acids is 1. The Hall–Kier alpha value is -1.10. The van der Waals surface area contributed by atoms with Crippen molar-refractivity contribution in [2.24, 2.45) is 0 Å². The van der Waals surface area contributed by atoms with E-state index in [1.165, 1.54) is 0 Å². The van der Waals surface area contributed by atoms with Gasteiger partial charge in [0.2, 0.25) is 5.91 Å². The van der Waals surface area contributed by atoms with E-state index in [9.17, 15) is 9.59 Å². The van der Waals surface area contributed by atoms with E-state index in [2.05, 4.69) is 4.90 Å². The maximum absolute atomic E-state index is 11.6. The molecule has 1 N–H and O–H groups in total. The second-order valence-electron chi connectivity index (χ2n) is 4.42. The highest BCUT2D eigenvalue weighted by atomic mass is 16.4. The van der Waals surface area contributed by atoms with Crippen molar-refractivity contribution in [3.05, 3.63) is 0 Å². The molecule has 1 rings (SSSR count). The molecule has 1 aliphatic heterocycles. The van der Waals surface area contributed by atoms with E-state index in [4.69, 9.17) is 5.11 Å². The van der Waals surface area contributed by atoms with E-state index in [1.54, 1.807) is 4.90 Å². The minimum atomic E-state index is -0.773. The molecule has 1 aliphatic rings. The highest BCUT2D eigenvalue weighted by molar-refractivity contribution is 5.78. The van der Waals surface area contributed by atoms with Crippen LogP contribution in [0.3, 0.4) is 0 Å². The number of hydrogen-bond donors (Lipinski definition) is 1. The van der Waals surface area contributed by atoms with Gasteiger partial charge in [-0.1, -0.05) is 0 Å². The van der Waals surface area contributed by atoms with Crippen molar-refractivity contribution in [1.29, 1.82) is 0 Å². The average Bonchev–Trinajstić information content (AvgIpc) is 2.38. The van der Waals surface area contributed by atoms with Crippen LogP contribution in [-0.2, 0) is 9.59 Å². The lowest BCUT2D eigenvalue weighted by atomic mass is 10.1. The third-order valence-electron chi connectivity index (χ3n) is 3.10. The second kappa shape index (κ2) is 5.84. The zero-order chi connectivity index (χ0) is 12.1. The van der Waals surface area contributed by atoms with Crippen molar-refractivity contribution in [3.8, 4) is 0 Å². The molecular formula is C11H20N2O3. The molecule has 0 bridgehead atoms. The Balaban J connectivity index is 2.45. The van der Waals surface area contributed by atoms with Crippen LogP contribution in [0.2, 0.25) is 0 Å². The molecule has 0 aliphatic carbocycles. The van der Waals surface area contributed by atoms with Crippen molar-refractivity contribution < 1.29 is 14.7 Å². The van der Waals surface area contributed by atoms with E-state index in [0.717, 1.165) is 19.5 Å². The number of amides is 1. The Morgan fingerprint density at radius 2 is 2.19 bits per heavy atom. The number of carboxylic acid groups (broad SMARTS) is 1. The van der Waals surface area contributed by atoms with Crippen LogP contribution in [0.4, 0.5) is 0 Å². The summed E-state index contributed by atoms with van der Waals surface area (Å²) in [6.45, 7) is 4.07. The SMILES string of the molecule is CC(CCC(=O)O)N1CCCN(C)C(=O)C1. The number of nitrogens with zero attached hydrogens (tertiary/aromatic N) is 2. The minimum absolute atomic E-state index is 0.125. The van der Waals surface area contributed by atoms with Gasteiger partial charge >= 0.3 is 5.97 Å². The molecule has 16 heavy (non-hydrogen) atoms. The molecule has 5 heteroatoms. The van der Waals surface area contributed by atoms with Gasteiger partial charge in [-0.15, -0.1) is 0 Å². The highest BCUT2D eigenvalue weighted by Crippen LogP contribution is 2.11. The molecule has 0 radical (unpaired) electrons. The molecule has 1 unspecified atom stereocenters. The lowest BCUT2D eigenvalue weighted by Gasteiger charge is -2.26. The van der Waals surface area contributed by atoms with E-state index in [-0.39, 0.29) is 18.4 Å². The number of likely N-dealkylation sites (N-methyl/N-ethyl adjacent to an activating group) is 1. The van der Waals surface area contributed by atoms with Crippen LogP contribution >= 0.6 is 0 Å². The van der Waals surface area contributed by atoms with Gasteiger partial charge in [0, 0.05) is 32.6 Å². The zero-order valence-corrected chi connectivity index (χ0v) is 9.98. The fourth-order valence-corrected chi connectivity index (χ4v) is 1.90. The van der Waals surface area contributed by atoms with Crippen LogP contribution in [-0.4, -0.2) is 59.5 Å². The number of hydrogen-bond acceptors (Lipinski definition) is 3. The van der Waals surface area contributed by atoms with Crippen molar-refractivity contribution in [3.63, 3.8) is 0 Å². The van der Waals surface area contributed by atoms with Crippen LogP contribution in [0.25, 0.3) is 0 Å². The lowest BCUT2D eigenvalue weighted by molar-refractivity contribution is -0.137. The molecular weight excluding hydrogens is 208 g/mol. The van der Waals surface area contributed by atoms with E-state index in [0.29, 0.717) is 13.0 Å². The van der Waals surface area contributed by atoms with Gasteiger partial charge in [-0.05, 0) is 19.8 Å². The topological polar surface area (TPSA) is 60.9 Å². The molecule has 1 saturated heterocycles. The Labute approximate surface area is 96.0 Å². The summed E-state index contributed by atoms with van der Waals surface area (Å²) in [6.07, 6.45) is 1.73. The van der Waals surface area contributed by atoms with Gasteiger partial charge in [0.25, 0.3) is 0 Å². The van der Waals surface area contributed by atoms with Gasteiger partial charge in [0.15, 0.2) is 0 Å². The molecule has 0 aromatic rings. The maximum Gasteiger partial charge on any atom is 0.303 e. The average molecular weight is 228 g/mol. The fraction of sp³-hybridized carbons (Fsp3) is 0.818. The number of carbonyl (C=O) groups excluding carboxylic acids is 1. The summed E-state index contributed by atoms with van der Waals surface area (Å²) >= 11 is 0. The molecule has 0 aromatic heterocycles. The summed E-state index contributed by atoms with van der Waals surface area (Å²) in [5.41, 5.74) is 0. The summed E-state index contributed by atoms with van der Waals surface area (Å²) in [4.78, 5) is 25.9. The van der Waals surface area contributed by atoms with Crippen molar-refractivity contribution in [2.75, 3.05) is 26.7 Å². The molecule has 1 heterocycles. The summed E-state index contributed by atoms with van der Waals surface area (Å²) in [5, 5.41) is 8.62. The van der Waals surface area contributed by atoms with Crippen molar-refractivity contribution >= 4 is 11.9 Å². The first kappa shape index (κ1) is 13.0. The summed E-state index contributed by atoms with van der Waals surface area (Å²) < 4.78 is 0. The molecule has 1 amide bonds. The standard InChI is InChI=1S/C11H20N2O3/c1-9(4-5-11(15)16)13-7-3-6-12(2)10(14)8-13/h9H,3-8H2,1-2H3,(H,15,16). The molecule has 0 aromatic carbocycles. The van der Waals surface area contributed by atoms with Gasteiger partial charge < -0.3 is 10.0 Å². The van der Waals surface area contributed by atoms with Crippen LogP contribution in [0.5, 0.6) is 0 Å². The van der Waals surface area contributed by atoms with E-state index in [1.807, 2.05) is 14.0 Å². The molecule has 0 spiro atoms. The summed E-state index contributed by atoms with van der Waals surface area (Å²) in [5.74, 6) is -0.648. The Morgan fingerprint density at radius 1 is 1.50 bits per heavy atom. The third-order valence-corrected chi connectivity index (χ3v) is 3.10. The molecule has 0 saturated carbocycles. The summed E-state index contributed by atoms with van der Waals surface area (Å²) in [7, 11) is 1.81. The second-order valence-corrected chi connectivity index (χ2v) is 4.42. The predicted molar refractivity (Wildman–Crippen MR) is 60.2 cm³/mol. The molecule has 5 nitrogen and oxygen atoms in total. The van der Waals surface area contributed by atoms with Gasteiger partial charge in [-0.3, -0.25) is 14.5 Å². The van der Waals surface area contributed by atoms with Crippen LogP contribution in [0, 0.1) is 0 Å². The van der Waals surface area contributed by atoms with Gasteiger partial charge in [-0.25, -0.2) is 0 Å². The lowest BCUT2D eigenvalue weighted by Crippen LogP contribution is -2.39. The first-order chi connectivity index (χ1) is 7.50. The van der Waals surface area contributed by atoms with Gasteiger partial charge in [0.1, 0.15) is 0 Å². The normalized spacial score (nSPS) is 20.6. The highest BCUT2D eigenvalue weighted by Gasteiger charge is 2.22. The first-order valence-electron chi connectivity index (χ1n) is 5.70. The number of carbonyl (C=O) groups is 2. The van der Waals surface area contributed by atoms with Crippen LogP contribution in [0.15, 0.2) is 0 Å². The Bertz CT molecular complexity index is 268. The van der Waals surface area contributed by atoms with Gasteiger partial charge in [-0.2, -0.15) is 0 Å². The first-order valence-corrected chi connectivity index (χ1v) is 5.70. The third kappa shape index (κ3) is 3.81. The Kier molecular flexibility index (Phi) is 4.73. The number of rotatable bonds is 4. The van der Waals surface area contributed by atoms with Crippen LogP contribution < -0.4 is 0 Å². The zero-order valence-electron chi connectivity index (χ0n) is 9.98. The maximum atomic E-state index is 11.6. The molecule has 92 valence electrons. The monoisotopic (exact) mass is 228 g/mol. The number of carboxylic acids is 1. The molecule has 1 fully saturated rings. The Morgan fingerprint density at radius 3 is 2.81 bits per heavy atom. The largest absolute Gasteiger partial charge is 0.481 e. The minimum Gasteiger partial charge on any atom is -0.481 e. The van der Waals surface area contributed by atoms with Crippen molar-refractivity contribution in [1.82, 2.24) is 9.80 Å². The summed E-state index contributed by atoms with van der Waals surface area (Å²) in [6, 6.07) is 0.159. The van der Waals surface area contributed by atoms with E-state index < -0.39 is 5.97 Å². The van der Waals surface area contributed by atoms with Gasteiger partial charge in [0.05, 0.1) is 6.54 Å². The van der Waals surface area contributed by atoms with Crippen molar-refractivity contribution in [2.45, 2.75) is 32.2 Å².